The van der Waals surface area contributed by atoms with Crippen LogP contribution in [-0.4, -0.2) is 56.6 Å². The van der Waals surface area contributed by atoms with Crippen molar-refractivity contribution in [2.75, 3.05) is 26.2 Å². The van der Waals surface area contributed by atoms with Crippen LogP contribution in [0.1, 0.15) is 35.2 Å². The van der Waals surface area contributed by atoms with Gasteiger partial charge in [-0.2, -0.15) is 0 Å². The number of nitrogens with one attached hydrogen (secondary N) is 1. The predicted octanol–water partition coefficient (Wildman–Crippen LogP) is 2.24. The molecule has 2 aromatic rings. The minimum atomic E-state index is -3.65. The Hall–Kier alpha value is -2.22. The van der Waals surface area contributed by atoms with Gasteiger partial charge >= 0.3 is 0 Å². The van der Waals surface area contributed by atoms with Gasteiger partial charge in [-0.05, 0) is 37.1 Å². The number of amides is 1. The molecule has 1 aliphatic rings. The highest BCUT2D eigenvalue weighted by molar-refractivity contribution is 7.90. The third kappa shape index (κ3) is 5.65. The Labute approximate surface area is 172 Å². The van der Waals surface area contributed by atoms with Gasteiger partial charge in [-0.25, -0.2) is 8.42 Å². The Morgan fingerprint density at radius 3 is 2.55 bits per heavy atom. The first-order valence-electron chi connectivity index (χ1n) is 10.00. The molecule has 1 heterocycles. The first-order chi connectivity index (χ1) is 14.0. The second-order valence-corrected chi connectivity index (χ2v) is 9.32. The number of carbonyl (C=O) groups excluding carboxylic acids is 1. The van der Waals surface area contributed by atoms with Gasteiger partial charge < -0.3 is 10.4 Å². The number of likely N-dealkylation sites (tertiary alicyclic amines) is 1. The van der Waals surface area contributed by atoms with E-state index in [2.05, 4.69) is 10.2 Å². The van der Waals surface area contributed by atoms with Crippen LogP contribution in [0.25, 0.3) is 0 Å². The molecule has 0 spiro atoms. The van der Waals surface area contributed by atoms with E-state index < -0.39 is 15.7 Å². The number of benzene rings is 2. The Morgan fingerprint density at radius 2 is 1.79 bits per heavy atom. The molecule has 0 bridgehead atoms. The Morgan fingerprint density at radius 1 is 1.07 bits per heavy atom. The van der Waals surface area contributed by atoms with Crippen LogP contribution in [0.2, 0.25) is 0 Å². The zero-order valence-corrected chi connectivity index (χ0v) is 17.3. The lowest BCUT2D eigenvalue weighted by molar-refractivity contribution is 0.0847. The lowest BCUT2D eigenvalue weighted by atomic mass is 10.0. The maximum Gasteiger partial charge on any atom is 0.252 e. The number of hydrogen-bond donors (Lipinski definition) is 2. The summed E-state index contributed by atoms with van der Waals surface area (Å²) in [5.41, 5.74) is 0.851. The third-order valence-corrected chi connectivity index (χ3v) is 7.05. The van der Waals surface area contributed by atoms with Gasteiger partial charge in [0.2, 0.25) is 0 Å². The first kappa shape index (κ1) is 21.5. The van der Waals surface area contributed by atoms with Gasteiger partial charge in [0.05, 0.1) is 22.8 Å². The van der Waals surface area contributed by atoms with E-state index in [1.807, 2.05) is 6.07 Å². The van der Waals surface area contributed by atoms with Crippen LogP contribution in [-0.2, 0) is 15.6 Å². The molecule has 1 amide bonds. The van der Waals surface area contributed by atoms with E-state index in [0.717, 1.165) is 25.8 Å². The summed E-state index contributed by atoms with van der Waals surface area (Å²) in [6.45, 7) is 2.07. The average Bonchev–Trinajstić information content (AvgIpc) is 2.74. The van der Waals surface area contributed by atoms with Crippen LogP contribution in [0, 0.1) is 0 Å². The van der Waals surface area contributed by atoms with Crippen molar-refractivity contribution in [2.45, 2.75) is 36.0 Å². The van der Waals surface area contributed by atoms with Crippen LogP contribution < -0.4 is 5.32 Å². The van der Waals surface area contributed by atoms with Gasteiger partial charge in [-0.1, -0.05) is 48.9 Å². The van der Waals surface area contributed by atoms with Gasteiger partial charge in [0.25, 0.3) is 5.91 Å². The Bertz CT molecular complexity index is 915. The number of aliphatic hydroxyl groups is 1. The summed E-state index contributed by atoms with van der Waals surface area (Å²) < 4.78 is 25.8. The van der Waals surface area contributed by atoms with Gasteiger partial charge in [0, 0.05) is 19.1 Å². The number of rotatable bonds is 8. The molecule has 1 fully saturated rings. The summed E-state index contributed by atoms with van der Waals surface area (Å²) in [6, 6.07) is 15.4. The molecule has 7 heteroatoms. The van der Waals surface area contributed by atoms with Crippen molar-refractivity contribution in [3.8, 4) is 0 Å². The summed E-state index contributed by atoms with van der Waals surface area (Å²) in [6.07, 6.45) is 3.16. The van der Waals surface area contributed by atoms with Crippen molar-refractivity contribution in [3.05, 3.63) is 65.7 Å². The van der Waals surface area contributed by atoms with Crippen molar-refractivity contribution in [3.63, 3.8) is 0 Å². The van der Waals surface area contributed by atoms with Crippen molar-refractivity contribution in [1.29, 1.82) is 0 Å². The zero-order chi connectivity index (χ0) is 20.7. The van der Waals surface area contributed by atoms with Crippen molar-refractivity contribution < 1.29 is 18.3 Å². The molecule has 1 aliphatic heterocycles. The second-order valence-electron chi connectivity index (χ2n) is 7.36. The largest absolute Gasteiger partial charge is 0.395 e. The molecule has 1 atom stereocenters. The molecule has 29 heavy (non-hydrogen) atoms. The fraction of sp³-hybridized carbons (Fsp3) is 0.409. The minimum Gasteiger partial charge on any atom is -0.395 e. The molecule has 0 saturated carbocycles. The maximum absolute atomic E-state index is 12.9. The molecular weight excluding hydrogens is 388 g/mol. The molecule has 2 aromatic carbocycles. The number of sulfone groups is 1. The van der Waals surface area contributed by atoms with E-state index in [-0.39, 0.29) is 28.9 Å². The summed E-state index contributed by atoms with van der Waals surface area (Å²) in [5.74, 6) is -0.542. The van der Waals surface area contributed by atoms with E-state index in [1.165, 1.54) is 6.07 Å². The molecule has 0 aromatic heterocycles. The number of hydrogen-bond acceptors (Lipinski definition) is 5. The summed E-state index contributed by atoms with van der Waals surface area (Å²) in [7, 11) is -3.65. The quantitative estimate of drug-likeness (QED) is 0.689. The second kappa shape index (κ2) is 10.0. The van der Waals surface area contributed by atoms with Crippen LogP contribution >= 0.6 is 0 Å². The van der Waals surface area contributed by atoms with E-state index in [4.69, 9.17) is 0 Å². The molecule has 3 rings (SSSR count). The van der Waals surface area contributed by atoms with Gasteiger partial charge in [-0.3, -0.25) is 9.69 Å². The standard InChI is InChI=1S/C22H28N2O4S/c25-16-19-10-6-7-14-24(19)15-13-23-22(26)20-11-4-5-12-21(20)29(27,28)17-18-8-2-1-3-9-18/h1-5,8-9,11-12,19,25H,6-7,10,13-17H2,(H,23,26)/t19-/m1/s1. The molecule has 0 aliphatic carbocycles. The summed E-state index contributed by atoms with van der Waals surface area (Å²) >= 11 is 0. The number of nitrogens with zero attached hydrogens (tertiary/aromatic N) is 1. The fourth-order valence-electron chi connectivity index (χ4n) is 3.77. The average molecular weight is 417 g/mol. The first-order valence-corrected chi connectivity index (χ1v) is 11.7. The van der Waals surface area contributed by atoms with Crippen LogP contribution in [0.4, 0.5) is 0 Å². The molecule has 6 nitrogen and oxygen atoms in total. The fourth-order valence-corrected chi connectivity index (χ4v) is 5.33. The highest BCUT2D eigenvalue weighted by Gasteiger charge is 2.24. The summed E-state index contributed by atoms with van der Waals surface area (Å²) in [5, 5.41) is 12.3. The van der Waals surface area contributed by atoms with E-state index in [0.29, 0.717) is 18.7 Å². The summed E-state index contributed by atoms with van der Waals surface area (Å²) in [4.78, 5) is 14.9. The third-order valence-electron chi connectivity index (χ3n) is 5.31. The molecule has 156 valence electrons. The van der Waals surface area contributed by atoms with Crippen LogP contribution in [0.15, 0.2) is 59.5 Å². The predicted molar refractivity (Wildman–Crippen MR) is 112 cm³/mol. The molecule has 0 unspecified atom stereocenters. The highest BCUT2D eigenvalue weighted by atomic mass is 32.2. The van der Waals surface area contributed by atoms with Crippen molar-refractivity contribution in [2.24, 2.45) is 0 Å². The monoisotopic (exact) mass is 416 g/mol. The molecule has 1 saturated heterocycles. The van der Waals surface area contributed by atoms with Crippen molar-refractivity contribution in [1.82, 2.24) is 10.2 Å². The number of carbonyl (C=O) groups is 1. The van der Waals surface area contributed by atoms with Gasteiger partial charge in [0.1, 0.15) is 0 Å². The van der Waals surface area contributed by atoms with E-state index in [1.54, 1.807) is 42.5 Å². The maximum atomic E-state index is 12.9. The number of aliphatic hydroxyl groups excluding tert-OH is 1. The lowest BCUT2D eigenvalue weighted by Crippen LogP contribution is -2.45. The van der Waals surface area contributed by atoms with E-state index >= 15 is 0 Å². The molecule has 2 N–H and O–H groups in total. The van der Waals surface area contributed by atoms with E-state index in [9.17, 15) is 18.3 Å². The Balaban J connectivity index is 1.67. The topological polar surface area (TPSA) is 86.7 Å². The normalized spacial score (nSPS) is 17.8. The molecule has 0 radical (unpaired) electrons. The zero-order valence-electron chi connectivity index (χ0n) is 16.5. The van der Waals surface area contributed by atoms with Gasteiger partial charge in [0.15, 0.2) is 9.84 Å². The van der Waals surface area contributed by atoms with Gasteiger partial charge in [-0.15, -0.1) is 0 Å². The SMILES string of the molecule is O=C(NCCN1CCCC[C@@H]1CO)c1ccccc1S(=O)(=O)Cc1ccccc1. The number of piperidine rings is 1. The molecular formula is C22H28N2O4S. The van der Waals surface area contributed by atoms with Crippen LogP contribution in [0.3, 0.4) is 0 Å². The Kier molecular flexibility index (Phi) is 7.41. The highest BCUT2D eigenvalue weighted by Crippen LogP contribution is 2.21. The smallest absolute Gasteiger partial charge is 0.252 e. The minimum absolute atomic E-state index is 0.0487. The van der Waals surface area contributed by atoms with Crippen molar-refractivity contribution >= 4 is 15.7 Å². The lowest BCUT2D eigenvalue weighted by Gasteiger charge is -2.34. The van der Waals surface area contributed by atoms with Crippen LogP contribution in [0.5, 0.6) is 0 Å².